The van der Waals surface area contributed by atoms with Crippen molar-refractivity contribution in [2.45, 2.75) is 11.8 Å². The minimum atomic E-state index is -3.88. The highest BCUT2D eigenvalue weighted by atomic mass is 35.5. The van der Waals surface area contributed by atoms with Crippen molar-refractivity contribution in [1.82, 2.24) is 4.68 Å². The van der Waals surface area contributed by atoms with Crippen LogP contribution in [0, 0.1) is 6.92 Å². The highest BCUT2D eigenvalue weighted by Crippen LogP contribution is 2.33. The van der Waals surface area contributed by atoms with Crippen molar-refractivity contribution in [3.05, 3.63) is 53.9 Å². The Kier molecular flexibility index (Phi) is 3.43. The first-order valence-corrected chi connectivity index (χ1v) is 8.08. The van der Waals surface area contributed by atoms with E-state index in [4.69, 9.17) is 15.8 Å². The maximum Gasteiger partial charge on any atom is 0.339 e. The van der Waals surface area contributed by atoms with Gasteiger partial charge < -0.3 is 9.61 Å². The number of fused-ring (bicyclic) bond motifs is 1. The molecule has 2 aromatic rings. The standard InChI is InChI=1S/C14H13ClN2O3S/c1-10-2-4-11(5-3-10)21(18,19)20-13-7-9-17-14(13)12(15)6-8-16-17/h2-7,9,16H,8H2,1H3. The predicted octanol–water partition coefficient (Wildman–Crippen LogP) is 2.70. The molecule has 0 amide bonds. The summed E-state index contributed by atoms with van der Waals surface area (Å²) in [6.45, 7) is 2.46. The van der Waals surface area contributed by atoms with Gasteiger partial charge in [0.1, 0.15) is 10.6 Å². The summed E-state index contributed by atoms with van der Waals surface area (Å²) in [5.41, 5.74) is 4.50. The molecule has 1 aromatic carbocycles. The molecule has 0 saturated heterocycles. The van der Waals surface area contributed by atoms with Crippen molar-refractivity contribution in [3.63, 3.8) is 0 Å². The van der Waals surface area contributed by atoms with E-state index < -0.39 is 10.1 Å². The van der Waals surface area contributed by atoms with Gasteiger partial charge >= 0.3 is 10.1 Å². The van der Waals surface area contributed by atoms with Gasteiger partial charge in [-0.2, -0.15) is 8.42 Å². The normalized spacial score (nSPS) is 14.1. The predicted molar refractivity (Wildman–Crippen MR) is 81.5 cm³/mol. The highest BCUT2D eigenvalue weighted by molar-refractivity contribution is 7.87. The molecule has 21 heavy (non-hydrogen) atoms. The molecule has 1 aromatic heterocycles. The second kappa shape index (κ2) is 5.13. The van der Waals surface area contributed by atoms with E-state index >= 15 is 0 Å². The van der Waals surface area contributed by atoms with Crippen LogP contribution in [0.4, 0.5) is 0 Å². The van der Waals surface area contributed by atoms with E-state index in [-0.39, 0.29) is 10.6 Å². The molecular weight excluding hydrogens is 312 g/mol. The first-order valence-electron chi connectivity index (χ1n) is 6.30. The third-order valence-electron chi connectivity index (χ3n) is 3.13. The molecule has 2 heterocycles. The number of rotatable bonds is 3. The van der Waals surface area contributed by atoms with E-state index in [9.17, 15) is 8.42 Å². The minimum absolute atomic E-state index is 0.108. The molecule has 0 spiro atoms. The fourth-order valence-corrected chi connectivity index (χ4v) is 3.25. The lowest BCUT2D eigenvalue weighted by molar-refractivity contribution is 0.485. The molecule has 1 aliphatic heterocycles. The molecule has 0 radical (unpaired) electrons. The number of benzene rings is 1. The van der Waals surface area contributed by atoms with Crippen LogP contribution >= 0.6 is 11.6 Å². The Hall–Kier alpha value is -1.92. The average Bonchev–Trinajstić information content (AvgIpc) is 2.83. The third-order valence-corrected chi connectivity index (χ3v) is 4.71. The van der Waals surface area contributed by atoms with Crippen molar-refractivity contribution in [3.8, 4) is 5.75 Å². The second-order valence-corrected chi connectivity index (χ2v) is 6.62. The summed E-state index contributed by atoms with van der Waals surface area (Å²) in [5, 5.41) is 0.452. The molecule has 5 nitrogen and oxygen atoms in total. The largest absolute Gasteiger partial charge is 0.377 e. The van der Waals surface area contributed by atoms with E-state index in [0.29, 0.717) is 17.3 Å². The molecule has 1 aliphatic rings. The molecular formula is C14H13ClN2O3S. The summed E-state index contributed by atoms with van der Waals surface area (Å²) >= 11 is 6.11. The Bertz CT molecular complexity index is 807. The van der Waals surface area contributed by atoms with Gasteiger partial charge in [-0.3, -0.25) is 4.68 Å². The van der Waals surface area contributed by atoms with E-state index in [2.05, 4.69) is 5.43 Å². The van der Waals surface area contributed by atoms with Gasteiger partial charge in [0.05, 0.1) is 11.6 Å². The van der Waals surface area contributed by atoms with Crippen LogP contribution in [-0.2, 0) is 10.1 Å². The van der Waals surface area contributed by atoms with Gasteiger partial charge in [0.25, 0.3) is 0 Å². The number of hydrogen-bond acceptors (Lipinski definition) is 4. The minimum Gasteiger partial charge on any atom is -0.377 e. The maximum atomic E-state index is 12.3. The fourth-order valence-electron chi connectivity index (χ4n) is 2.05. The molecule has 0 fully saturated rings. The van der Waals surface area contributed by atoms with Crippen molar-refractivity contribution in [2.75, 3.05) is 12.0 Å². The van der Waals surface area contributed by atoms with Gasteiger partial charge in [-0.25, -0.2) is 0 Å². The SMILES string of the molecule is Cc1ccc(S(=O)(=O)Oc2ccn3c2C(Cl)=CCN3)cc1. The summed E-state index contributed by atoms with van der Waals surface area (Å²) in [5.74, 6) is 0.198. The van der Waals surface area contributed by atoms with Crippen LogP contribution in [0.5, 0.6) is 5.75 Å². The number of nitrogens with zero attached hydrogens (tertiary/aromatic N) is 1. The average molecular weight is 325 g/mol. The van der Waals surface area contributed by atoms with Crippen LogP contribution in [0.3, 0.4) is 0 Å². The first-order chi connectivity index (χ1) is 9.97. The van der Waals surface area contributed by atoms with Crippen LogP contribution in [0.25, 0.3) is 5.03 Å². The Morgan fingerprint density at radius 2 is 1.95 bits per heavy atom. The molecule has 1 N–H and O–H groups in total. The van der Waals surface area contributed by atoms with Gasteiger partial charge in [-0.15, -0.1) is 0 Å². The number of halogens is 1. The summed E-state index contributed by atoms with van der Waals surface area (Å²) in [6.07, 6.45) is 3.42. The van der Waals surface area contributed by atoms with Crippen molar-refractivity contribution >= 4 is 26.8 Å². The fraction of sp³-hybridized carbons (Fsp3) is 0.143. The van der Waals surface area contributed by atoms with Crippen LogP contribution in [0.1, 0.15) is 11.3 Å². The van der Waals surface area contributed by atoms with Crippen LogP contribution < -0.4 is 9.61 Å². The third kappa shape index (κ3) is 2.64. The Morgan fingerprint density at radius 3 is 2.67 bits per heavy atom. The molecule has 0 unspecified atom stereocenters. The quantitative estimate of drug-likeness (QED) is 0.882. The lowest BCUT2D eigenvalue weighted by Crippen LogP contribution is -2.20. The number of aromatic nitrogens is 1. The zero-order chi connectivity index (χ0) is 15.0. The van der Waals surface area contributed by atoms with E-state index in [0.717, 1.165) is 5.56 Å². The smallest absolute Gasteiger partial charge is 0.339 e. The maximum absolute atomic E-state index is 12.3. The first kappa shape index (κ1) is 14.0. The molecule has 3 rings (SSSR count). The van der Waals surface area contributed by atoms with E-state index in [1.807, 2.05) is 6.92 Å². The lowest BCUT2D eigenvalue weighted by Gasteiger charge is -2.16. The Balaban J connectivity index is 1.96. The lowest BCUT2D eigenvalue weighted by atomic mass is 10.2. The second-order valence-electron chi connectivity index (χ2n) is 4.66. The van der Waals surface area contributed by atoms with Crippen LogP contribution in [0.2, 0.25) is 0 Å². The topological polar surface area (TPSA) is 60.3 Å². The zero-order valence-electron chi connectivity index (χ0n) is 11.2. The Morgan fingerprint density at radius 1 is 1.24 bits per heavy atom. The van der Waals surface area contributed by atoms with Crippen LogP contribution in [0.15, 0.2) is 47.5 Å². The highest BCUT2D eigenvalue weighted by Gasteiger charge is 2.23. The number of nitrogens with one attached hydrogen (secondary N) is 1. The molecule has 0 bridgehead atoms. The van der Waals surface area contributed by atoms with Crippen molar-refractivity contribution < 1.29 is 12.6 Å². The van der Waals surface area contributed by atoms with Gasteiger partial charge in [0.15, 0.2) is 5.75 Å². The zero-order valence-corrected chi connectivity index (χ0v) is 12.8. The van der Waals surface area contributed by atoms with Gasteiger partial charge in [0.2, 0.25) is 0 Å². The summed E-state index contributed by atoms with van der Waals surface area (Å²) in [6, 6.07) is 8.04. The monoisotopic (exact) mass is 324 g/mol. The number of aryl methyl sites for hydroxylation is 1. The van der Waals surface area contributed by atoms with Crippen LogP contribution in [-0.4, -0.2) is 19.6 Å². The van der Waals surface area contributed by atoms with Gasteiger partial charge in [-0.05, 0) is 25.1 Å². The van der Waals surface area contributed by atoms with E-state index in [1.54, 1.807) is 35.1 Å². The summed E-state index contributed by atoms with van der Waals surface area (Å²) in [4.78, 5) is 0.108. The van der Waals surface area contributed by atoms with Crippen molar-refractivity contribution in [2.24, 2.45) is 0 Å². The summed E-state index contributed by atoms with van der Waals surface area (Å²) in [7, 11) is -3.88. The molecule has 110 valence electrons. The van der Waals surface area contributed by atoms with Crippen molar-refractivity contribution in [1.29, 1.82) is 0 Å². The van der Waals surface area contributed by atoms with Gasteiger partial charge in [-0.1, -0.05) is 29.3 Å². The molecule has 7 heteroatoms. The van der Waals surface area contributed by atoms with Gasteiger partial charge in [0, 0.05) is 12.3 Å². The molecule has 0 atom stereocenters. The Labute approximate surface area is 127 Å². The number of hydrogen-bond donors (Lipinski definition) is 1. The summed E-state index contributed by atoms with van der Waals surface area (Å²) < 4.78 is 31.4. The molecule has 0 saturated carbocycles. The molecule has 0 aliphatic carbocycles. The van der Waals surface area contributed by atoms with E-state index in [1.165, 1.54) is 12.1 Å².